The van der Waals surface area contributed by atoms with Crippen LogP contribution in [-0.2, 0) is 9.59 Å². The maximum absolute atomic E-state index is 12.8. The van der Waals surface area contributed by atoms with Crippen molar-refractivity contribution in [2.75, 3.05) is 30.8 Å². The summed E-state index contributed by atoms with van der Waals surface area (Å²) < 4.78 is 12.8. The van der Waals surface area contributed by atoms with Crippen LogP contribution in [0.25, 0.3) is 0 Å². The van der Waals surface area contributed by atoms with Gasteiger partial charge in [0, 0.05) is 16.9 Å². The van der Waals surface area contributed by atoms with Gasteiger partial charge in [0.1, 0.15) is 5.82 Å². The first-order valence-electron chi connectivity index (χ1n) is 7.98. The average Bonchev–Trinajstić information content (AvgIpc) is 2.56. The van der Waals surface area contributed by atoms with E-state index in [4.69, 9.17) is 0 Å². The number of halogens is 1. The van der Waals surface area contributed by atoms with Crippen molar-refractivity contribution in [1.82, 2.24) is 4.90 Å². The van der Waals surface area contributed by atoms with Crippen LogP contribution in [0, 0.1) is 5.82 Å². The Morgan fingerprint density at radius 1 is 0.923 bits per heavy atom. The number of anilines is 2. The molecule has 0 atom stereocenters. The lowest BCUT2D eigenvalue weighted by atomic mass is 10.1. The zero-order valence-corrected chi connectivity index (χ0v) is 14.6. The number of carbonyl (C=O) groups is 3. The summed E-state index contributed by atoms with van der Waals surface area (Å²) >= 11 is 0. The van der Waals surface area contributed by atoms with Crippen molar-refractivity contribution >= 4 is 29.0 Å². The number of Topliss-reactive ketones (excluding diaryl/α,β-unsaturated/α-hetero) is 1. The standard InChI is InChI=1S/C19H20FN3O3/c1-13(24)14-4-3-5-17(10-14)22-19(26)12-23(2)11-18(25)21-16-8-6-15(20)7-9-16/h3-10H,11-12H2,1-2H3,(H,21,25)(H,22,26). The molecule has 2 aromatic carbocycles. The van der Waals surface area contributed by atoms with Gasteiger partial charge in [-0.2, -0.15) is 0 Å². The van der Waals surface area contributed by atoms with Crippen LogP contribution in [0.1, 0.15) is 17.3 Å². The van der Waals surface area contributed by atoms with Crippen molar-refractivity contribution < 1.29 is 18.8 Å². The molecule has 136 valence electrons. The molecule has 26 heavy (non-hydrogen) atoms. The van der Waals surface area contributed by atoms with Gasteiger partial charge < -0.3 is 10.6 Å². The van der Waals surface area contributed by atoms with Crippen LogP contribution in [0.3, 0.4) is 0 Å². The van der Waals surface area contributed by atoms with Gasteiger partial charge in [0.2, 0.25) is 11.8 Å². The van der Waals surface area contributed by atoms with E-state index in [1.165, 1.54) is 31.2 Å². The summed E-state index contributed by atoms with van der Waals surface area (Å²) in [4.78, 5) is 36.9. The maximum Gasteiger partial charge on any atom is 0.238 e. The Hall–Kier alpha value is -3.06. The predicted octanol–water partition coefficient (Wildman–Crippen LogP) is 2.54. The molecule has 0 aliphatic rings. The fourth-order valence-electron chi connectivity index (χ4n) is 2.30. The van der Waals surface area contributed by atoms with Crippen LogP contribution < -0.4 is 10.6 Å². The molecular formula is C19H20FN3O3. The quantitative estimate of drug-likeness (QED) is 0.747. The Balaban J connectivity index is 1.82. The van der Waals surface area contributed by atoms with Crippen molar-refractivity contribution in [2.24, 2.45) is 0 Å². The highest BCUT2D eigenvalue weighted by Crippen LogP contribution is 2.11. The van der Waals surface area contributed by atoms with Crippen molar-refractivity contribution in [1.29, 1.82) is 0 Å². The lowest BCUT2D eigenvalue weighted by Gasteiger charge is -2.16. The SMILES string of the molecule is CC(=O)c1cccc(NC(=O)CN(C)CC(=O)Nc2ccc(F)cc2)c1. The summed E-state index contributed by atoms with van der Waals surface area (Å²) in [6.07, 6.45) is 0. The molecule has 0 fully saturated rings. The third kappa shape index (κ3) is 6.10. The molecule has 0 unspecified atom stereocenters. The van der Waals surface area contributed by atoms with E-state index in [1.54, 1.807) is 36.2 Å². The molecule has 2 N–H and O–H groups in total. The number of rotatable bonds is 7. The van der Waals surface area contributed by atoms with Crippen LogP contribution in [0.4, 0.5) is 15.8 Å². The summed E-state index contributed by atoms with van der Waals surface area (Å²) in [6.45, 7) is 1.45. The van der Waals surface area contributed by atoms with Crippen molar-refractivity contribution in [3.63, 3.8) is 0 Å². The molecular weight excluding hydrogens is 337 g/mol. The van der Waals surface area contributed by atoms with E-state index in [0.29, 0.717) is 16.9 Å². The van der Waals surface area contributed by atoms with E-state index in [9.17, 15) is 18.8 Å². The molecule has 0 radical (unpaired) electrons. The van der Waals surface area contributed by atoms with Crippen LogP contribution in [0.15, 0.2) is 48.5 Å². The Morgan fingerprint density at radius 2 is 1.50 bits per heavy atom. The van der Waals surface area contributed by atoms with Gasteiger partial charge in [-0.15, -0.1) is 0 Å². The molecule has 6 nitrogen and oxygen atoms in total. The number of benzene rings is 2. The molecule has 2 rings (SSSR count). The van der Waals surface area contributed by atoms with Crippen molar-refractivity contribution in [3.05, 3.63) is 59.9 Å². The molecule has 7 heteroatoms. The second-order valence-corrected chi connectivity index (χ2v) is 5.91. The van der Waals surface area contributed by atoms with E-state index in [2.05, 4.69) is 10.6 Å². The molecule has 0 aliphatic carbocycles. The summed E-state index contributed by atoms with van der Waals surface area (Å²) in [5, 5.41) is 5.32. The lowest BCUT2D eigenvalue weighted by Crippen LogP contribution is -2.36. The molecule has 0 aliphatic heterocycles. The summed E-state index contributed by atoms with van der Waals surface area (Å²) in [5.41, 5.74) is 1.51. The second-order valence-electron chi connectivity index (χ2n) is 5.91. The van der Waals surface area contributed by atoms with Gasteiger partial charge in [-0.1, -0.05) is 12.1 Å². The van der Waals surface area contributed by atoms with Gasteiger partial charge in [-0.05, 0) is 50.4 Å². The highest BCUT2D eigenvalue weighted by molar-refractivity contribution is 5.98. The van der Waals surface area contributed by atoms with Crippen LogP contribution in [0.5, 0.6) is 0 Å². The van der Waals surface area contributed by atoms with E-state index < -0.39 is 0 Å². The molecule has 2 aromatic rings. The van der Waals surface area contributed by atoms with Crippen LogP contribution >= 0.6 is 0 Å². The van der Waals surface area contributed by atoms with Gasteiger partial charge in [-0.25, -0.2) is 4.39 Å². The predicted molar refractivity (Wildman–Crippen MR) is 97.6 cm³/mol. The topological polar surface area (TPSA) is 78.5 Å². The number of ketones is 1. The number of hydrogen-bond acceptors (Lipinski definition) is 4. The third-order valence-corrected chi connectivity index (χ3v) is 3.51. The first-order valence-corrected chi connectivity index (χ1v) is 7.98. The third-order valence-electron chi connectivity index (χ3n) is 3.51. The molecule has 0 saturated carbocycles. The minimum Gasteiger partial charge on any atom is -0.325 e. The monoisotopic (exact) mass is 357 g/mol. The summed E-state index contributed by atoms with van der Waals surface area (Å²) in [7, 11) is 1.63. The highest BCUT2D eigenvalue weighted by atomic mass is 19.1. The number of likely N-dealkylation sites (N-methyl/N-ethyl adjacent to an activating group) is 1. The Labute approximate surface area is 151 Å². The molecule has 2 amide bonds. The summed E-state index contributed by atoms with van der Waals surface area (Å²) in [5.74, 6) is -1.09. The van der Waals surface area contributed by atoms with E-state index >= 15 is 0 Å². The Kier molecular flexibility index (Phi) is 6.57. The normalized spacial score (nSPS) is 10.5. The summed E-state index contributed by atoms with van der Waals surface area (Å²) in [6, 6.07) is 12.1. The molecule has 0 saturated heterocycles. The number of hydrogen-bond donors (Lipinski definition) is 2. The van der Waals surface area contributed by atoms with Crippen molar-refractivity contribution in [3.8, 4) is 0 Å². The van der Waals surface area contributed by atoms with E-state index in [-0.39, 0.29) is 36.5 Å². The van der Waals surface area contributed by atoms with Gasteiger partial charge in [0.05, 0.1) is 13.1 Å². The fourth-order valence-corrected chi connectivity index (χ4v) is 2.30. The van der Waals surface area contributed by atoms with Gasteiger partial charge in [-0.3, -0.25) is 19.3 Å². The maximum atomic E-state index is 12.8. The molecule has 0 aromatic heterocycles. The largest absolute Gasteiger partial charge is 0.325 e. The highest BCUT2D eigenvalue weighted by Gasteiger charge is 2.12. The first-order chi connectivity index (χ1) is 12.3. The zero-order valence-electron chi connectivity index (χ0n) is 14.6. The second kappa shape index (κ2) is 8.87. The van der Waals surface area contributed by atoms with Crippen LogP contribution in [-0.4, -0.2) is 42.6 Å². The fraction of sp³-hybridized carbons (Fsp3) is 0.211. The molecule has 0 bridgehead atoms. The van der Waals surface area contributed by atoms with E-state index in [1.807, 2.05) is 0 Å². The van der Waals surface area contributed by atoms with Gasteiger partial charge in [0.25, 0.3) is 0 Å². The smallest absolute Gasteiger partial charge is 0.238 e. The lowest BCUT2D eigenvalue weighted by molar-refractivity contribution is -0.119. The van der Waals surface area contributed by atoms with Gasteiger partial charge >= 0.3 is 0 Å². The number of nitrogens with zero attached hydrogens (tertiary/aromatic N) is 1. The van der Waals surface area contributed by atoms with Gasteiger partial charge in [0.15, 0.2) is 5.78 Å². The molecule has 0 spiro atoms. The minimum atomic E-state index is -0.384. The average molecular weight is 357 g/mol. The minimum absolute atomic E-state index is 0.00113. The Bertz CT molecular complexity index is 806. The number of amides is 2. The zero-order chi connectivity index (χ0) is 19.1. The number of nitrogens with one attached hydrogen (secondary N) is 2. The van der Waals surface area contributed by atoms with E-state index in [0.717, 1.165) is 0 Å². The number of carbonyl (C=O) groups excluding carboxylic acids is 3. The van der Waals surface area contributed by atoms with Crippen LogP contribution in [0.2, 0.25) is 0 Å². The van der Waals surface area contributed by atoms with Crippen molar-refractivity contribution in [2.45, 2.75) is 6.92 Å². The first kappa shape index (κ1) is 19.3. The molecule has 0 heterocycles. The Morgan fingerprint density at radius 3 is 2.08 bits per heavy atom.